The van der Waals surface area contributed by atoms with E-state index < -0.39 is 7.60 Å². The van der Waals surface area contributed by atoms with Gasteiger partial charge in [-0.2, -0.15) is 0 Å². The molecule has 5 heteroatoms. The molecule has 0 saturated carbocycles. The maximum atomic E-state index is 11.4. The molecule has 1 unspecified atom stereocenters. The Kier molecular flexibility index (Phi) is 3.86. The van der Waals surface area contributed by atoms with Crippen molar-refractivity contribution in [1.82, 2.24) is 0 Å². The van der Waals surface area contributed by atoms with E-state index in [0.717, 1.165) is 12.8 Å². The monoisotopic (exact) mass is 198 g/mol. The Balaban J connectivity index is 2.18. The van der Waals surface area contributed by atoms with E-state index in [9.17, 15) is 4.57 Å². The molecular weight excluding hydrogens is 186 g/mol. The maximum Gasteiger partial charge on any atom is 0.330 e. The van der Waals surface area contributed by atoms with E-state index in [1.165, 1.54) is 0 Å². The van der Waals surface area contributed by atoms with Crippen LogP contribution in [0.3, 0.4) is 0 Å². The van der Waals surface area contributed by atoms with E-state index in [-0.39, 0.29) is 0 Å². The van der Waals surface area contributed by atoms with Crippen molar-refractivity contribution in [3.8, 4) is 0 Å². The first-order chi connectivity index (χ1) is 5.27. The highest BCUT2D eigenvalue weighted by molar-refractivity contribution is 7.54. The van der Waals surface area contributed by atoms with Crippen molar-refractivity contribution < 1.29 is 13.6 Å². The second kappa shape index (κ2) is 4.46. The van der Waals surface area contributed by atoms with Crippen molar-refractivity contribution in [3.63, 3.8) is 0 Å². The topological polar surface area (TPSA) is 35.5 Å². The van der Waals surface area contributed by atoms with Crippen molar-refractivity contribution in [2.45, 2.75) is 12.8 Å². The average Bonchev–Trinajstić information content (AvgIpc) is 2.38. The van der Waals surface area contributed by atoms with Crippen LogP contribution < -0.4 is 0 Å². The zero-order chi connectivity index (χ0) is 8.16. The molecule has 1 aliphatic heterocycles. The van der Waals surface area contributed by atoms with Gasteiger partial charge in [0.1, 0.15) is 0 Å². The van der Waals surface area contributed by atoms with Crippen molar-refractivity contribution >= 4 is 19.2 Å². The standard InChI is InChI=1S/C6H12ClO3P/c7-3-1-4-9-11(8)6-2-5-10-11/h1-6H2. The van der Waals surface area contributed by atoms with E-state index >= 15 is 0 Å². The van der Waals surface area contributed by atoms with Crippen molar-refractivity contribution in [3.05, 3.63) is 0 Å². The van der Waals surface area contributed by atoms with Crippen LogP contribution in [0.15, 0.2) is 0 Å². The van der Waals surface area contributed by atoms with Gasteiger partial charge in [0.2, 0.25) is 0 Å². The minimum Gasteiger partial charge on any atom is -0.309 e. The molecule has 3 nitrogen and oxygen atoms in total. The Hall–Kier alpha value is 0.440. The molecule has 11 heavy (non-hydrogen) atoms. The van der Waals surface area contributed by atoms with Gasteiger partial charge >= 0.3 is 7.60 Å². The molecule has 1 heterocycles. The van der Waals surface area contributed by atoms with Gasteiger partial charge in [0.25, 0.3) is 0 Å². The van der Waals surface area contributed by atoms with Gasteiger partial charge in [0, 0.05) is 5.88 Å². The average molecular weight is 199 g/mol. The van der Waals surface area contributed by atoms with Gasteiger partial charge in [-0.3, -0.25) is 4.57 Å². The summed E-state index contributed by atoms with van der Waals surface area (Å²) in [6, 6.07) is 0. The van der Waals surface area contributed by atoms with Crippen LogP contribution in [0.25, 0.3) is 0 Å². The zero-order valence-corrected chi connectivity index (χ0v) is 7.94. The molecule has 1 aliphatic rings. The third-order valence-corrected chi connectivity index (χ3v) is 3.71. The van der Waals surface area contributed by atoms with Gasteiger partial charge < -0.3 is 9.05 Å². The third-order valence-electron chi connectivity index (χ3n) is 1.43. The van der Waals surface area contributed by atoms with Crippen LogP contribution in [-0.4, -0.2) is 25.3 Å². The number of hydrogen-bond donors (Lipinski definition) is 0. The lowest BCUT2D eigenvalue weighted by Crippen LogP contribution is -1.94. The van der Waals surface area contributed by atoms with Crippen molar-refractivity contribution in [2.75, 3.05) is 25.3 Å². The second-order valence-electron chi connectivity index (χ2n) is 2.40. The summed E-state index contributed by atoms with van der Waals surface area (Å²) in [7, 11) is -2.66. The highest BCUT2D eigenvalue weighted by atomic mass is 35.5. The van der Waals surface area contributed by atoms with Gasteiger partial charge in [0.05, 0.1) is 19.4 Å². The summed E-state index contributed by atoms with van der Waals surface area (Å²) in [5.41, 5.74) is 0. The van der Waals surface area contributed by atoms with Gasteiger partial charge in [-0.25, -0.2) is 0 Å². The van der Waals surface area contributed by atoms with E-state index in [2.05, 4.69) is 0 Å². The maximum absolute atomic E-state index is 11.4. The first kappa shape index (κ1) is 9.53. The lowest BCUT2D eigenvalue weighted by Gasteiger charge is -2.09. The number of rotatable bonds is 4. The van der Waals surface area contributed by atoms with Crippen LogP contribution in [0.2, 0.25) is 0 Å². The molecule has 66 valence electrons. The molecule has 0 aromatic heterocycles. The molecule has 1 atom stereocenters. The van der Waals surface area contributed by atoms with E-state index in [4.69, 9.17) is 20.6 Å². The molecule has 0 aliphatic carbocycles. The highest BCUT2D eigenvalue weighted by Crippen LogP contribution is 2.52. The van der Waals surface area contributed by atoms with Gasteiger partial charge in [-0.1, -0.05) is 0 Å². The largest absolute Gasteiger partial charge is 0.330 e. The molecule has 1 rings (SSSR count). The first-order valence-electron chi connectivity index (χ1n) is 3.71. The summed E-state index contributed by atoms with van der Waals surface area (Å²) >= 11 is 5.42. The Bertz CT molecular complexity index is 152. The number of halogens is 1. The number of alkyl halides is 1. The molecule has 0 amide bonds. The van der Waals surface area contributed by atoms with E-state index in [0.29, 0.717) is 25.3 Å². The van der Waals surface area contributed by atoms with Crippen molar-refractivity contribution in [1.29, 1.82) is 0 Å². The third kappa shape index (κ3) is 3.12. The van der Waals surface area contributed by atoms with Crippen LogP contribution >= 0.6 is 19.2 Å². The van der Waals surface area contributed by atoms with Crippen LogP contribution in [-0.2, 0) is 13.6 Å². The van der Waals surface area contributed by atoms with Gasteiger partial charge in [0.15, 0.2) is 0 Å². The summed E-state index contributed by atoms with van der Waals surface area (Å²) in [6.45, 7) is 1.01. The van der Waals surface area contributed by atoms with Crippen LogP contribution in [0, 0.1) is 0 Å². The van der Waals surface area contributed by atoms with E-state index in [1.807, 2.05) is 0 Å². The van der Waals surface area contributed by atoms with Crippen LogP contribution in [0.1, 0.15) is 12.8 Å². The van der Waals surface area contributed by atoms with Gasteiger partial charge in [-0.15, -0.1) is 11.6 Å². The minimum atomic E-state index is -2.66. The fourth-order valence-electron chi connectivity index (χ4n) is 0.886. The molecule has 0 aromatic rings. The zero-order valence-electron chi connectivity index (χ0n) is 6.29. The fraction of sp³-hybridized carbons (Fsp3) is 1.00. The Morgan fingerprint density at radius 3 is 3.00 bits per heavy atom. The quantitative estimate of drug-likeness (QED) is 0.395. The molecule has 0 radical (unpaired) electrons. The minimum absolute atomic E-state index is 0.445. The SMILES string of the molecule is O=P1(OCCCCl)CCCO1. The number of hydrogen-bond acceptors (Lipinski definition) is 3. The predicted octanol–water partition coefficient (Wildman–Crippen LogP) is 2.25. The Morgan fingerprint density at radius 2 is 2.45 bits per heavy atom. The normalized spacial score (nSPS) is 31.0. The van der Waals surface area contributed by atoms with Crippen molar-refractivity contribution in [2.24, 2.45) is 0 Å². The lowest BCUT2D eigenvalue weighted by molar-refractivity contribution is 0.230. The Morgan fingerprint density at radius 1 is 1.64 bits per heavy atom. The molecular formula is C6H12ClO3P. The smallest absolute Gasteiger partial charge is 0.309 e. The fourth-order valence-corrected chi connectivity index (χ4v) is 2.66. The molecule has 0 bridgehead atoms. The van der Waals surface area contributed by atoms with Gasteiger partial charge in [-0.05, 0) is 12.8 Å². The molecule has 0 aromatic carbocycles. The van der Waals surface area contributed by atoms with Crippen LogP contribution in [0.4, 0.5) is 0 Å². The van der Waals surface area contributed by atoms with E-state index in [1.54, 1.807) is 0 Å². The molecule has 1 saturated heterocycles. The predicted molar refractivity (Wildman–Crippen MR) is 44.3 cm³/mol. The van der Waals surface area contributed by atoms with Crippen LogP contribution in [0.5, 0.6) is 0 Å². The second-order valence-corrected chi connectivity index (χ2v) is 4.96. The Labute approximate surface area is 71.6 Å². The summed E-state index contributed by atoms with van der Waals surface area (Å²) in [5.74, 6) is 0.542. The first-order valence-corrected chi connectivity index (χ1v) is 5.97. The molecule has 0 spiro atoms. The summed E-state index contributed by atoms with van der Waals surface area (Å²) in [5, 5.41) is 0. The molecule has 1 fully saturated rings. The summed E-state index contributed by atoms with van der Waals surface area (Å²) < 4.78 is 21.5. The lowest BCUT2D eigenvalue weighted by atomic mass is 10.5. The molecule has 0 N–H and O–H groups in total. The summed E-state index contributed by atoms with van der Waals surface area (Å²) in [4.78, 5) is 0. The summed E-state index contributed by atoms with van der Waals surface area (Å²) in [6.07, 6.45) is 2.14. The highest BCUT2D eigenvalue weighted by Gasteiger charge is 2.28.